The molecule has 0 spiro atoms. The number of ketones is 1. The van der Waals surface area contributed by atoms with Crippen LogP contribution < -0.4 is 9.47 Å². The lowest BCUT2D eigenvalue weighted by atomic mass is 9.71. The fraction of sp³-hybridized carbons (Fsp3) is 0.0571. The van der Waals surface area contributed by atoms with Crippen molar-refractivity contribution < 1.29 is 45.5 Å². The van der Waals surface area contributed by atoms with E-state index in [0.717, 1.165) is 0 Å². The molecule has 0 unspecified atom stereocenters. The minimum Gasteiger partial charge on any atom is -0.428 e. The molecule has 4 aromatic rings. The van der Waals surface area contributed by atoms with Crippen molar-refractivity contribution in [1.29, 1.82) is 0 Å². The minimum atomic E-state index is -2.61. The van der Waals surface area contributed by atoms with E-state index in [1.165, 1.54) is 91.0 Å². The Hall–Kier alpha value is -5.91. The Morgan fingerprint density at radius 2 is 0.957 bits per heavy atom. The molecule has 6 nitrogen and oxygen atoms in total. The maximum absolute atomic E-state index is 13.3. The minimum absolute atomic E-state index is 0.0684. The van der Waals surface area contributed by atoms with Gasteiger partial charge in [-0.2, -0.15) is 26.3 Å². The number of nitro groups is 1. The van der Waals surface area contributed by atoms with Crippen molar-refractivity contribution in [2.24, 2.45) is 0 Å². The highest BCUT2D eigenvalue weighted by molar-refractivity contribution is 6.04. The van der Waals surface area contributed by atoms with Crippen LogP contribution in [0.4, 0.5) is 32.0 Å². The Morgan fingerprint density at radius 3 is 1.30 bits per heavy atom. The molecule has 0 saturated carbocycles. The normalized spacial score (nSPS) is 11.4. The molecule has 4 rings (SSSR count). The monoisotopic (exact) mass is 651 g/mol. The molecule has 0 radical (unpaired) electrons. The third-order valence-corrected chi connectivity index (χ3v) is 7.05. The van der Waals surface area contributed by atoms with E-state index in [9.17, 15) is 41.3 Å². The molecule has 4 aromatic carbocycles. The average Bonchev–Trinajstić information content (AvgIpc) is 3.07. The van der Waals surface area contributed by atoms with E-state index in [1.807, 2.05) is 6.92 Å². The molecular formula is C35H23F6NO5. The highest BCUT2D eigenvalue weighted by atomic mass is 19.3. The molecule has 0 aromatic heterocycles. The Kier molecular flexibility index (Phi) is 10.8. The molecule has 0 N–H and O–H groups in total. The summed E-state index contributed by atoms with van der Waals surface area (Å²) in [6.07, 6.45) is 0.537. The van der Waals surface area contributed by atoms with Gasteiger partial charge in [-0.05, 0) is 83.3 Å². The van der Waals surface area contributed by atoms with Crippen LogP contribution in [0.5, 0.6) is 11.5 Å². The van der Waals surface area contributed by atoms with Crippen LogP contribution in [0.3, 0.4) is 0 Å². The lowest BCUT2D eigenvalue weighted by Crippen LogP contribution is -2.25. The quantitative estimate of drug-likeness (QED) is 0.0381. The summed E-state index contributed by atoms with van der Waals surface area (Å²) in [6, 6.07) is 20.0. The van der Waals surface area contributed by atoms with Crippen molar-refractivity contribution >= 4 is 23.6 Å². The number of hydrogen-bond acceptors (Lipinski definition) is 5. The molecule has 0 aliphatic carbocycles. The zero-order valence-electron chi connectivity index (χ0n) is 24.3. The Morgan fingerprint density at radius 1 is 0.617 bits per heavy atom. The number of ether oxygens (including phenoxy) is 2. The molecule has 0 heterocycles. The Balaban J connectivity index is 1.61. The topological polar surface area (TPSA) is 78.7 Å². The summed E-state index contributed by atoms with van der Waals surface area (Å²) < 4.78 is 85.8. The van der Waals surface area contributed by atoms with Crippen LogP contribution in [0.25, 0.3) is 12.2 Å². The highest BCUT2D eigenvalue weighted by Gasteiger charge is 2.31. The Labute approximate surface area is 264 Å². The average molecular weight is 652 g/mol. The second kappa shape index (κ2) is 14.9. The molecule has 0 aliphatic heterocycles. The zero-order valence-corrected chi connectivity index (χ0v) is 24.3. The third-order valence-electron chi connectivity index (χ3n) is 7.05. The van der Waals surface area contributed by atoms with Crippen LogP contribution in [0.1, 0.15) is 34.7 Å². The number of benzene rings is 4. The van der Waals surface area contributed by atoms with Crippen LogP contribution >= 0.6 is 0 Å². The summed E-state index contributed by atoms with van der Waals surface area (Å²) in [5.74, 6) is -0.707. The van der Waals surface area contributed by atoms with E-state index in [2.05, 4.69) is 9.47 Å². The first-order valence-electron chi connectivity index (χ1n) is 13.6. The molecule has 47 heavy (non-hydrogen) atoms. The molecule has 12 heteroatoms. The van der Waals surface area contributed by atoms with Gasteiger partial charge in [-0.1, -0.05) is 60.7 Å². The van der Waals surface area contributed by atoms with Gasteiger partial charge < -0.3 is 9.47 Å². The fourth-order valence-electron chi connectivity index (χ4n) is 4.54. The van der Waals surface area contributed by atoms with Gasteiger partial charge in [0, 0.05) is 17.5 Å². The first kappa shape index (κ1) is 34.0. The van der Waals surface area contributed by atoms with Crippen molar-refractivity contribution in [1.82, 2.24) is 0 Å². The predicted octanol–water partition coefficient (Wildman–Crippen LogP) is 10.1. The van der Waals surface area contributed by atoms with Gasteiger partial charge in [0.05, 0.1) is 4.92 Å². The molecule has 0 amide bonds. The molecule has 0 bridgehead atoms. The summed E-state index contributed by atoms with van der Waals surface area (Å²) in [5.41, 5.74) is 2.10. The number of hydrogen-bond donors (Lipinski definition) is 0. The van der Waals surface area contributed by atoms with Gasteiger partial charge in [-0.3, -0.25) is 14.9 Å². The summed E-state index contributed by atoms with van der Waals surface area (Å²) in [7, 11) is 0. The number of nitrogens with zero attached hydrogens (tertiary/aromatic N) is 1. The number of halogens is 6. The van der Waals surface area contributed by atoms with Gasteiger partial charge in [0.1, 0.15) is 11.5 Å². The zero-order chi connectivity index (χ0) is 34.1. The summed E-state index contributed by atoms with van der Waals surface area (Å²) in [5, 5.41) is 10.8. The van der Waals surface area contributed by atoms with Crippen molar-refractivity contribution in [3.05, 3.63) is 171 Å². The number of allylic oxidation sites excluding steroid dienone is 2. The van der Waals surface area contributed by atoms with E-state index in [-0.39, 0.29) is 23.0 Å². The second-order valence-electron chi connectivity index (χ2n) is 9.99. The number of carbonyl (C=O) groups is 1. The summed E-state index contributed by atoms with van der Waals surface area (Å²) in [4.78, 5) is 22.7. The molecule has 240 valence electrons. The third kappa shape index (κ3) is 8.63. The fourth-order valence-corrected chi connectivity index (χ4v) is 4.54. The number of nitro benzene ring substituents is 1. The van der Waals surface area contributed by atoms with Crippen LogP contribution in [0.15, 0.2) is 133 Å². The summed E-state index contributed by atoms with van der Waals surface area (Å²) >= 11 is 0. The number of carbonyl (C=O) groups excluding carboxylic acids is 1. The number of rotatable bonds is 12. The highest BCUT2D eigenvalue weighted by Crippen LogP contribution is 2.40. The first-order valence-corrected chi connectivity index (χ1v) is 13.6. The van der Waals surface area contributed by atoms with Crippen LogP contribution in [-0.2, 0) is 10.2 Å². The molecule has 0 saturated heterocycles. The van der Waals surface area contributed by atoms with Crippen molar-refractivity contribution in [3.63, 3.8) is 0 Å². The lowest BCUT2D eigenvalue weighted by molar-refractivity contribution is -0.384. The number of non-ortho nitro benzene ring substituents is 1. The largest absolute Gasteiger partial charge is 0.428 e. The van der Waals surface area contributed by atoms with Gasteiger partial charge in [-0.15, -0.1) is 0 Å². The molecule has 0 atom stereocenters. The van der Waals surface area contributed by atoms with Crippen LogP contribution in [0.2, 0.25) is 0 Å². The van der Waals surface area contributed by atoms with Crippen LogP contribution in [-0.4, -0.2) is 10.7 Å². The van der Waals surface area contributed by atoms with Gasteiger partial charge in [0.2, 0.25) is 0 Å². The second-order valence-corrected chi connectivity index (χ2v) is 9.99. The van der Waals surface area contributed by atoms with Gasteiger partial charge in [0.25, 0.3) is 5.69 Å². The van der Waals surface area contributed by atoms with Gasteiger partial charge >= 0.3 is 24.2 Å². The van der Waals surface area contributed by atoms with E-state index in [0.29, 0.717) is 27.8 Å². The smallest absolute Gasteiger partial charge is 0.344 e. The SMILES string of the molecule is CC(c1ccc(/C=C/C(=O)/C=C/c2ccc([N+](=O)[O-])cc2)cc1)(c1ccc(OC(F)=C(F)F)cc1)c1ccc(OC(F)=C(F)F)cc1. The Bertz CT molecular complexity index is 1790. The summed E-state index contributed by atoms with van der Waals surface area (Å²) in [6.45, 7) is 1.82. The van der Waals surface area contributed by atoms with Crippen molar-refractivity contribution in [3.8, 4) is 11.5 Å². The van der Waals surface area contributed by atoms with E-state index < -0.39 is 34.5 Å². The molecular weight excluding hydrogens is 628 g/mol. The molecule has 0 aliphatic rings. The van der Waals surface area contributed by atoms with E-state index >= 15 is 0 Å². The maximum atomic E-state index is 13.3. The van der Waals surface area contributed by atoms with Crippen LogP contribution in [0, 0.1) is 10.1 Å². The molecule has 0 fully saturated rings. The van der Waals surface area contributed by atoms with Crippen molar-refractivity contribution in [2.45, 2.75) is 12.3 Å². The van der Waals surface area contributed by atoms with Crippen molar-refractivity contribution in [2.75, 3.05) is 0 Å². The maximum Gasteiger partial charge on any atom is 0.344 e. The van der Waals surface area contributed by atoms with Gasteiger partial charge in [0.15, 0.2) is 5.78 Å². The lowest BCUT2D eigenvalue weighted by Gasteiger charge is -2.32. The van der Waals surface area contributed by atoms with Gasteiger partial charge in [-0.25, -0.2) is 0 Å². The predicted molar refractivity (Wildman–Crippen MR) is 163 cm³/mol. The standard InChI is InChI=1S/C35H23F6NO5/c1-35(25-10-18-29(19-11-25)46-33(40)31(36)37,26-12-20-30(21-13-26)47-34(41)32(38)39)24-8-2-22(3-9-24)6-16-28(43)17-7-23-4-14-27(15-5-23)42(44)45/h2-21H,1H3/b16-6+,17-7+. The van der Waals surface area contributed by atoms with E-state index in [4.69, 9.17) is 0 Å². The van der Waals surface area contributed by atoms with E-state index in [1.54, 1.807) is 30.3 Å². The first-order chi connectivity index (χ1) is 22.4.